The molecule has 2 aliphatic heterocycles. The van der Waals surface area contributed by atoms with Crippen LogP contribution in [0, 0.1) is 0 Å². The van der Waals surface area contributed by atoms with E-state index in [0.29, 0.717) is 48.8 Å². The van der Waals surface area contributed by atoms with Crippen LogP contribution < -0.4 is 58.5 Å². The zero-order valence-corrected chi connectivity index (χ0v) is 40.8. The van der Waals surface area contributed by atoms with Crippen LogP contribution in [0.5, 0.6) is 5.75 Å². The van der Waals surface area contributed by atoms with Crippen LogP contribution in [-0.2, 0) is 54.6 Å². The number of primary amides is 1. The van der Waals surface area contributed by atoms with E-state index in [0.717, 1.165) is 41.6 Å². The standard InChI is InChI=1S/C45H61N11O13S2/c1-25(51-44(64)35(20-37(58)56-66)71(67,68)28-16-14-27(69-2)15-17-28)42(62)53-32(19-26-21-48-30-10-4-3-9-29(26)30)43(63)50-22-38(59)49-23-39(60)52-31(41(46)61)11-7-8-18-47-36(57)13-6-5-12-34-40-33(24-70-34)54-45(65)55-40/h3-4,9-10,14-17,21,25,31-35,40,48,66H,5-8,11-13,18-20,22-24H2,1-2H3,(H2,46,61)(H,47,57)(H,49,59)(H,50,63)(H,51,64)(H,52,60)(H,53,62)(H,56,58)(H2,54,55,65)/t25-,31-,32-,33-,34-,35?,40-/m0/s1. The van der Waals surface area contributed by atoms with E-state index in [2.05, 4.69) is 47.5 Å². The number of hydroxylamine groups is 1. The van der Waals surface area contributed by atoms with Crippen molar-refractivity contribution in [1.82, 2.24) is 53.0 Å². The Morgan fingerprint density at radius 2 is 1.55 bits per heavy atom. The van der Waals surface area contributed by atoms with Gasteiger partial charge in [-0.1, -0.05) is 24.6 Å². The summed E-state index contributed by atoms with van der Waals surface area (Å²) in [5.41, 5.74) is 8.13. The first-order chi connectivity index (χ1) is 33.9. The Hall–Kier alpha value is -6.93. The average Bonchev–Trinajstić information content (AvgIpc) is 4.05. The molecule has 3 aromatic rings. The van der Waals surface area contributed by atoms with Crippen LogP contribution in [0.3, 0.4) is 0 Å². The predicted octanol–water partition coefficient (Wildman–Crippen LogP) is -1.34. The van der Waals surface area contributed by atoms with Crippen molar-refractivity contribution in [2.24, 2.45) is 5.73 Å². The summed E-state index contributed by atoms with van der Waals surface area (Å²) >= 11 is 1.82. The molecule has 71 heavy (non-hydrogen) atoms. The van der Waals surface area contributed by atoms with Gasteiger partial charge in [-0.3, -0.25) is 43.6 Å². The summed E-state index contributed by atoms with van der Waals surface area (Å²) in [5, 5.41) is 28.8. The predicted molar refractivity (Wildman–Crippen MR) is 258 cm³/mol. The molecular formula is C45H61N11O13S2. The van der Waals surface area contributed by atoms with E-state index in [-0.39, 0.29) is 41.8 Å². The van der Waals surface area contributed by atoms with Crippen molar-refractivity contribution < 1.29 is 61.5 Å². The highest BCUT2D eigenvalue weighted by atomic mass is 32.2. The summed E-state index contributed by atoms with van der Waals surface area (Å²) in [4.78, 5) is 117. The van der Waals surface area contributed by atoms with E-state index in [1.807, 2.05) is 11.8 Å². The number of nitrogens with two attached hydrogens (primary N) is 1. The zero-order chi connectivity index (χ0) is 51.7. The molecule has 0 saturated carbocycles. The number of ether oxygens (including phenoxy) is 1. The molecule has 2 fully saturated rings. The third kappa shape index (κ3) is 16.0. The Kier molecular flexibility index (Phi) is 20.4. The number of thioether (sulfide) groups is 1. The van der Waals surface area contributed by atoms with Crippen LogP contribution in [0.4, 0.5) is 4.79 Å². The number of nitrogens with one attached hydrogen (secondary N) is 10. The highest BCUT2D eigenvalue weighted by molar-refractivity contribution is 8.00. The van der Waals surface area contributed by atoms with Crippen molar-refractivity contribution >= 4 is 85.8 Å². The molecule has 24 nitrogen and oxygen atoms in total. The van der Waals surface area contributed by atoms with Gasteiger partial charge in [-0.15, -0.1) is 0 Å². The summed E-state index contributed by atoms with van der Waals surface area (Å²) in [6, 6.07) is 8.30. The van der Waals surface area contributed by atoms with Gasteiger partial charge in [0.1, 0.15) is 23.9 Å². The van der Waals surface area contributed by atoms with Gasteiger partial charge in [0.15, 0.2) is 15.1 Å². The molecule has 1 aromatic heterocycles. The second-order valence-corrected chi connectivity index (χ2v) is 20.4. The second-order valence-electron chi connectivity index (χ2n) is 17.0. The lowest BCUT2D eigenvalue weighted by molar-refractivity contribution is -0.133. The monoisotopic (exact) mass is 1030 g/mol. The molecule has 5 rings (SSSR count). The lowest BCUT2D eigenvalue weighted by Gasteiger charge is -2.23. The number of aromatic nitrogens is 1. The van der Waals surface area contributed by atoms with E-state index < -0.39 is 94.1 Å². The van der Waals surface area contributed by atoms with Crippen molar-refractivity contribution in [1.29, 1.82) is 0 Å². The maximum absolute atomic E-state index is 13.6. The number of H-pyrrole nitrogens is 1. The molecule has 3 heterocycles. The van der Waals surface area contributed by atoms with Crippen molar-refractivity contribution in [3.63, 3.8) is 0 Å². The fourth-order valence-electron chi connectivity index (χ4n) is 8.01. The largest absolute Gasteiger partial charge is 0.497 e. The average molecular weight is 1030 g/mol. The van der Waals surface area contributed by atoms with Crippen LogP contribution in [0.15, 0.2) is 59.6 Å². The maximum atomic E-state index is 13.6. The number of urea groups is 1. The second kappa shape index (κ2) is 26.3. The van der Waals surface area contributed by atoms with E-state index in [1.54, 1.807) is 30.5 Å². The third-order valence-electron chi connectivity index (χ3n) is 11.9. The molecule has 26 heteroatoms. The van der Waals surface area contributed by atoms with Gasteiger partial charge >= 0.3 is 6.03 Å². The number of carbonyl (C=O) groups is 9. The molecule has 2 saturated heterocycles. The molecule has 2 aromatic carbocycles. The van der Waals surface area contributed by atoms with Gasteiger partial charge in [0.05, 0.1) is 43.6 Å². The number of methoxy groups -OCH3 is 1. The first-order valence-electron chi connectivity index (χ1n) is 22.9. The van der Waals surface area contributed by atoms with E-state index in [9.17, 15) is 51.6 Å². The van der Waals surface area contributed by atoms with Gasteiger partial charge < -0.3 is 58.0 Å². The van der Waals surface area contributed by atoms with Gasteiger partial charge in [-0.25, -0.2) is 18.7 Å². The number of amides is 10. The summed E-state index contributed by atoms with van der Waals surface area (Å²) < 4.78 is 32.2. The number of para-hydroxylation sites is 1. The van der Waals surface area contributed by atoms with Crippen LogP contribution >= 0.6 is 11.8 Å². The fourth-order valence-corrected chi connectivity index (χ4v) is 11.1. The normalized spacial score (nSPS) is 17.7. The Balaban J connectivity index is 1.07. The number of unbranched alkanes of at least 4 members (excludes halogenated alkanes) is 2. The Morgan fingerprint density at radius 1 is 0.817 bits per heavy atom. The lowest BCUT2D eigenvalue weighted by atomic mass is 10.0. The Labute approximate surface area is 413 Å². The smallest absolute Gasteiger partial charge is 0.315 e. The van der Waals surface area contributed by atoms with Gasteiger partial charge in [0.2, 0.25) is 47.3 Å². The minimum atomic E-state index is -4.59. The molecule has 0 aliphatic carbocycles. The highest BCUT2D eigenvalue weighted by Gasteiger charge is 2.42. The number of hydrogen-bond donors (Lipinski definition) is 12. The van der Waals surface area contributed by atoms with Crippen LogP contribution in [0.25, 0.3) is 10.9 Å². The van der Waals surface area contributed by atoms with Crippen molar-refractivity contribution in [2.75, 3.05) is 32.5 Å². The number of rotatable bonds is 28. The number of aromatic amines is 1. The van der Waals surface area contributed by atoms with Crippen molar-refractivity contribution in [3.05, 3.63) is 60.3 Å². The van der Waals surface area contributed by atoms with Crippen molar-refractivity contribution in [3.8, 4) is 5.75 Å². The third-order valence-corrected chi connectivity index (χ3v) is 15.5. The topological polar surface area (TPSA) is 367 Å². The molecule has 13 N–H and O–H groups in total. The highest BCUT2D eigenvalue weighted by Crippen LogP contribution is 2.33. The van der Waals surface area contributed by atoms with Gasteiger partial charge in [-0.05, 0) is 74.9 Å². The number of benzene rings is 2. The van der Waals surface area contributed by atoms with Crippen LogP contribution in [0.1, 0.15) is 63.9 Å². The number of hydrogen-bond acceptors (Lipinski definition) is 14. The minimum Gasteiger partial charge on any atom is -0.497 e. The zero-order valence-electron chi connectivity index (χ0n) is 39.2. The van der Waals surface area contributed by atoms with Gasteiger partial charge in [0.25, 0.3) is 0 Å². The lowest BCUT2D eigenvalue weighted by Crippen LogP contribution is -2.56. The molecule has 0 radical (unpaired) electrons. The summed E-state index contributed by atoms with van der Waals surface area (Å²) in [6.07, 6.45) is 4.41. The van der Waals surface area contributed by atoms with Gasteiger partial charge in [0, 0.05) is 47.5 Å². The fraction of sp³-hybridized carbons (Fsp3) is 0.489. The molecule has 2 aliphatic rings. The SMILES string of the molecule is COc1ccc(S(=O)(=O)C(CC(=O)NO)C(=O)N[C@@H](C)C(=O)N[C@@H](Cc2c[nH]c3ccccc23)C(=O)NCC(=O)NCC(=O)N[C@@H](CCCCNC(=O)CCCC[C@@H]2SC[C@@H]3NC(=O)N[C@@H]32)C(N)=O)cc1. The van der Waals surface area contributed by atoms with E-state index in [4.69, 9.17) is 15.7 Å². The summed E-state index contributed by atoms with van der Waals surface area (Å²) in [6.45, 7) is 0.335. The Morgan fingerprint density at radius 3 is 2.27 bits per heavy atom. The summed E-state index contributed by atoms with van der Waals surface area (Å²) in [5.74, 6) is -5.51. The quantitative estimate of drug-likeness (QED) is 0.0174. The number of fused-ring (bicyclic) bond motifs is 2. The van der Waals surface area contributed by atoms with Crippen LogP contribution in [-0.4, -0.2) is 145 Å². The molecule has 1 unspecified atom stereocenters. The molecule has 0 bridgehead atoms. The molecule has 7 atom stereocenters. The first kappa shape index (κ1) is 55.0. The minimum absolute atomic E-state index is 0.101. The number of sulfone groups is 1. The first-order valence-corrected chi connectivity index (χ1v) is 25.5. The van der Waals surface area contributed by atoms with Crippen molar-refractivity contribution in [2.45, 2.75) is 110 Å². The number of carbonyl (C=O) groups excluding carboxylic acids is 9. The van der Waals surface area contributed by atoms with E-state index >= 15 is 0 Å². The molecule has 386 valence electrons. The Bertz CT molecular complexity index is 2530. The summed E-state index contributed by atoms with van der Waals surface area (Å²) in [7, 11) is -3.22. The van der Waals surface area contributed by atoms with Gasteiger partial charge in [-0.2, -0.15) is 11.8 Å². The maximum Gasteiger partial charge on any atom is 0.315 e. The molecular weight excluding hydrogens is 967 g/mol. The molecule has 10 amide bonds. The molecule has 0 spiro atoms. The van der Waals surface area contributed by atoms with E-state index in [1.165, 1.54) is 31.6 Å². The van der Waals surface area contributed by atoms with Crippen LogP contribution in [0.2, 0.25) is 0 Å².